The average Bonchev–Trinajstić information content (AvgIpc) is 2.76. The largest absolute Gasteiger partial charge is 0.343 e. The van der Waals surface area contributed by atoms with E-state index in [2.05, 4.69) is 24.1 Å². The van der Waals surface area contributed by atoms with Crippen molar-refractivity contribution in [1.29, 1.82) is 0 Å². The molecule has 1 atom stereocenters. The molecule has 2 aromatic carbocycles. The molecule has 2 heterocycles. The molecule has 34 heavy (non-hydrogen) atoms. The lowest BCUT2D eigenvalue weighted by molar-refractivity contribution is -0.118. The molecule has 1 aromatic heterocycles. The summed E-state index contributed by atoms with van der Waals surface area (Å²) in [7, 11) is 0. The van der Waals surface area contributed by atoms with Crippen molar-refractivity contribution in [3.63, 3.8) is 0 Å². The monoisotopic (exact) mass is 475 g/mol. The number of ketones is 1. The first kappa shape index (κ1) is 22.6. The number of benzene rings is 2. The number of aromatic nitrogens is 2. The smallest absolute Gasteiger partial charge is 0.257 e. The van der Waals surface area contributed by atoms with Crippen molar-refractivity contribution in [2.45, 2.75) is 50.4 Å². The van der Waals surface area contributed by atoms with Crippen LogP contribution in [0.3, 0.4) is 0 Å². The maximum absolute atomic E-state index is 14.1. The highest BCUT2D eigenvalue weighted by Crippen LogP contribution is 2.47. The zero-order chi connectivity index (χ0) is 24.0. The van der Waals surface area contributed by atoms with Gasteiger partial charge in [0, 0.05) is 29.4 Å². The molecule has 0 bridgehead atoms. The fraction of sp³-hybridized carbons (Fsp3) is 0.296. The summed E-state index contributed by atoms with van der Waals surface area (Å²) in [5.41, 5.74) is 3.99. The third-order valence-electron chi connectivity index (χ3n) is 6.40. The summed E-state index contributed by atoms with van der Waals surface area (Å²) in [5.74, 6) is 0.112. The van der Waals surface area contributed by atoms with Gasteiger partial charge >= 0.3 is 0 Å². The molecule has 2 aliphatic rings. The predicted molar refractivity (Wildman–Crippen MR) is 133 cm³/mol. The molecule has 7 heteroatoms. The van der Waals surface area contributed by atoms with Crippen molar-refractivity contribution in [2.75, 3.05) is 5.32 Å². The summed E-state index contributed by atoms with van der Waals surface area (Å²) in [6, 6.07) is 14.5. The van der Waals surface area contributed by atoms with Gasteiger partial charge < -0.3 is 10.3 Å². The Balaban J connectivity index is 1.59. The molecule has 0 spiro atoms. The lowest BCUT2D eigenvalue weighted by atomic mass is 9.69. The number of H-pyrrole nitrogens is 1. The number of aromatic amines is 1. The molecule has 3 aromatic rings. The quantitative estimate of drug-likeness (QED) is 0.373. The Bertz CT molecular complexity index is 1390. The van der Waals surface area contributed by atoms with Gasteiger partial charge in [0.1, 0.15) is 11.6 Å². The van der Waals surface area contributed by atoms with Gasteiger partial charge in [-0.1, -0.05) is 73.6 Å². The predicted octanol–water partition coefficient (Wildman–Crippen LogP) is 5.71. The van der Waals surface area contributed by atoms with Gasteiger partial charge in [0.15, 0.2) is 10.9 Å². The van der Waals surface area contributed by atoms with E-state index in [1.807, 2.05) is 31.2 Å². The number of anilines is 1. The molecule has 174 valence electrons. The van der Waals surface area contributed by atoms with E-state index in [1.54, 1.807) is 18.2 Å². The number of fused-ring (bicyclic) bond motifs is 1. The van der Waals surface area contributed by atoms with Crippen molar-refractivity contribution in [3.8, 4) is 0 Å². The summed E-state index contributed by atoms with van der Waals surface area (Å²) < 4.78 is 14.1. The van der Waals surface area contributed by atoms with Crippen molar-refractivity contribution in [2.24, 2.45) is 5.41 Å². The minimum Gasteiger partial charge on any atom is -0.343 e. The van der Waals surface area contributed by atoms with Crippen LogP contribution in [0.1, 0.15) is 54.9 Å². The van der Waals surface area contributed by atoms with Gasteiger partial charge in [0.25, 0.3) is 5.56 Å². The number of halogens is 1. The number of nitrogens with zero attached hydrogens (tertiary/aromatic N) is 1. The van der Waals surface area contributed by atoms with Crippen LogP contribution in [-0.2, 0) is 10.5 Å². The van der Waals surface area contributed by atoms with Crippen LogP contribution < -0.4 is 10.9 Å². The number of Topliss-reactive ketones (excluding diaryl/α,β-unsaturated/α-hetero) is 1. The van der Waals surface area contributed by atoms with Crippen LogP contribution in [0.5, 0.6) is 0 Å². The second-order valence-corrected chi connectivity index (χ2v) is 10.8. The summed E-state index contributed by atoms with van der Waals surface area (Å²) in [6.07, 6.45) is 1.13. The average molecular weight is 476 g/mol. The number of aryl methyl sites for hydroxylation is 1. The summed E-state index contributed by atoms with van der Waals surface area (Å²) in [6.45, 7) is 6.15. The van der Waals surface area contributed by atoms with Crippen molar-refractivity contribution >= 4 is 23.4 Å². The minimum atomic E-state index is -0.475. The first-order valence-corrected chi connectivity index (χ1v) is 12.3. The molecule has 0 saturated heterocycles. The maximum atomic E-state index is 14.1. The Labute approximate surface area is 201 Å². The third kappa shape index (κ3) is 4.20. The van der Waals surface area contributed by atoms with E-state index in [0.717, 1.165) is 16.8 Å². The zero-order valence-electron chi connectivity index (χ0n) is 19.4. The number of thioether (sulfide) groups is 1. The van der Waals surface area contributed by atoms with E-state index >= 15 is 0 Å². The first-order chi connectivity index (χ1) is 16.2. The molecular weight excluding hydrogens is 449 g/mol. The van der Waals surface area contributed by atoms with Gasteiger partial charge in [-0.2, -0.15) is 0 Å². The molecule has 1 unspecified atom stereocenters. The minimum absolute atomic E-state index is 0.0633. The molecule has 2 N–H and O–H groups in total. The van der Waals surface area contributed by atoms with Crippen LogP contribution in [0.15, 0.2) is 69.8 Å². The number of carbonyl (C=O) groups excluding carboxylic acids is 1. The number of allylic oxidation sites excluding steroid dienone is 2. The van der Waals surface area contributed by atoms with E-state index in [9.17, 15) is 14.0 Å². The van der Waals surface area contributed by atoms with Crippen molar-refractivity contribution < 1.29 is 9.18 Å². The van der Waals surface area contributed by atoms with E-state index in [1.165, 1.54) is 17.8 Å². The van der Waals surface area contributed by atoms with E-state index in [4.69, 9.17) is 4.98 Å². The topological polar surface area (TPSA) is 74.8 Å². The lowest BCUT2D eigenvalue weighted by Crippen LogP contribution is -2.37. The van der Waals surface area contributed by atoms with Gasteiger partial charge in [0.05, 0.1) is 5.56 Å². The Morgan fingerprint density at radius 1 is 1.12 bits per heavy atom. The van der Waals surface area contributed by atoms with Gasteiger partial charge in [-0.05, 0) is 36.0 Å². The van der Waals surface area contributed by atoms with Crippen LogP contribution in [0.4, 0.5) is 10.2 Å². The highest BCUT2D eigenvalue weighted by molar-refractivity contribution is 7.98. The summed E-state index contributed by atoms with van der Waals surface area (Å²) in [4.78, 5) is 34.3. The van der Waals surface area contributed by atoms with Gasteiger partial charge in [-0.3, -0.25) is 9.59 Å². The van der Waals surface area contributed by atoms with Crippen LogP contribution in [-0.4, -0.2) is 15.8 Å². The Hall–Kier alpha value is -3.19. The molecular formula is C27H26FN3O2S. The highest BCUT2D eigenvalue weighted by Gasteiger charge is 2.42. The normalized spacial score (nSPS) is 18.8. The fourth-order valence-corrected chi connectivity index (χ4v) is 5.75. The van der Waals surface area contributed by atoms with Gasteiger partial charge in [-0.25, -0.2) is 9.37 Å². The van der Waals surface area contributed by atoms with E-state index in [-0.39, 0.29) is 22.6 Å². The Morgan fingerprint density at radius 2 is 1.91 bits per heavy atom. The second-order valence-electron chi connectivity index (χ2n) is 9.82. The maximum Gasteiger partial charge on any atom is 0.257 e. The summed E-state index contributed by atoms with van der Waals surface area (Å²) >= 11 is 1.27. The SMILES string of the molecule is Cc1cccc(C2C3=C(CC(C)(C)CC3=O)Nc3nc(SCc4ccccc4F)[nH]c(=O)c32)c1. The molecule has 5 nitrogen and oxygen atoms in total. The van der Waals surface area contributed by atoms with Crippen molar-refractivity contribution in [3.05, 3.63) is 98.2 Å². The Morgan fingerprint density at radius 3 is 2.68 bits per heavy atom. The highest BCUT2D eigenvalue weighted by atomic mass is 32.2. The zero-order valence-corrected chi connectivity index (χ0v) is 20.2. The molecule has 0 radical (unpaired) electrons. The van der Waals surface area contributed by atoms with Gasteiger partial charge in [0.2, 0.25) is 0 Å². The molecule has 5 rings (SSSR count). The van der Waals surface area contributed by atoms with E-state index < -0.39 is 5.92 Å². The van der Waals surface area contributed by atoms with Crippen LogP contribution >= 0.6 is 11.8 Å². The van der Waals surface area contributed by atoms with Crippen LogP contribution in [0.25, 0.3) is 0 Å². The number of hydrogen-bond acceptors (Lipinski definition) is 5. The molecule has 1 aliphatic carbocycles. The Kier molecular flexibility index (Phi) is 5.68. The molecule has 0 fully saturated rings. The number of nitrogens with one attached hydrogen (secondary N) is 2. The number of hydrogen-bond donors (Lipinski definition) is 2. The van der Waals surface area contributed by atoms with E-state index in [0.29, 0.717) is 46.3 Å². The fourth-order valence-electron chi connectivity index (χ4n) is 4.91. The molecule has 0 saturated carbocycles. The lowest BCUT2D eigenvalue weighted by Gasteiger charge is -2.38. The van der Waals surface area contributed by atoms with Crippen molar-refractivity contribution in [1.82, 2.24) is 9.97 Å². The van der Waals surface area contributed by atoms with Crippen LogP contribution in [0.2, 0.25) is 0 Å². The van der Waals surface area contributed by atoms with Crippen LogP contribution in [0, 0.1) is 18.2 Å². The van der Waals surface area contributed by atoms with Gasteiger partial charge in [-0.15, -0.1) is 0 Å². The number of carbonyl (C=O) groups is 1. The molecule has 0 amide bonds. The third-order valence-corrected chi connectivity index (χ3v) is 7.32. The number of rotatable bonds is 4. The standard InChI is InChI=1S/C27H26FN3O2S/c1-15-7-6-9-16(11-15)21-22-19(12-27(2,3)13-20(22)32)29-24-23(21)25(33)31-26(30-24)34-14-17-8-4-5-10-18(17)28/h4-11,21H,12-14H2,1-3H3,(H2,29,30,31,33). The first-order valence-electron chi connectivity index (χ1n) is 11.3. The second kappa shape index (κ2) is 8.55. The summed E-state index contributed by atoms with van der Waals surface area (Å²) in [5, 5.41) is 3.74. The molecule has 1 aliphatic heterocycles.